The van der Waals surface area contributed by atoms with Gasteiger partial charge in [-0.15, -0.1) is 0 Å². The first kappa shape index (κ1) is 13.8. The van der Waals surface area contributed by atoms with Crippen molar-refractivity contribution in [3.8, 4) is 0 Å². The van der Waals surface area contributed by atoms with E-state index in [0.717, 1.165) is 21.2 Å². The van der Waals surface area contributed by atoms with E-state index in [2.05, 4.69) is 67.3 Å². The molecule has 0 atom stereocenters. The van der Waals surface area contributed by atoms with Gasteiger partial charge in [0.05, 0.1) is 16.4 Å². The lowest BCUT2D eigenvalue weighted by atomic mass is 10.1. The molecule has 1 aromatic carbocycles. The van der Waals surface area contributed by atoms with Gasteiger partial charge in [-0.05, 0) is 46.1 Å². The van der Waals surface area contributed by atoms with Crippen molar-refractivity contribution in [1.29, 1.82) is 0 Å². The van der Waals surface area contributed by atoms with E-state index in [4.69, 9.17) is 11.6 Å². The second-order valence-corrected chi connectivity index (χ2v) is 6.00. The van der Waals surface area contributed by atoms with Crippen LogP contribution in [0, 0.1) is 6.92 Å². The number of pyridine rings is 1. The van der Waals surface area contributed by atoms with Crippen molar-refractivity contribution in [2.45, 2.75) is 13.5 Å². The van der Waals surface area contributed by atoms with Gasteiger partial charge in [0.1, 0.15) is 5.15 Å². The van der Waals surface area contributed by atoms with E-state index in [1.165, 1.54) is 11.1 Å². The Balaban J connectivity index is 2.06. The Bertz CT molecular complexity index is 521. The molecule has 0 spiro atoms. The van der Waals surface area contributed by atoms with Gasteiger partial charge in [-0.2, -0.15) is 0 Å². The van der Waals surface area contributed by atoms with E-state index >= 15 is 0 Å². The lowest BCUT2D eigenvalue weighted by Gasteiger charge is -2.08. The third-order valence-electron chi connectivity index (χ3n) is 2.52. The largest absolute Gasteiger partial charge is 0.380 e. The number of nitrogens with one attached hydrogen (secondary N) is 1. The highest BCUT2D eigenvalue weighted by molar-refractivity contribution is 9.10. The van der Waals surface area contributed by atoms with Crippen molar-refractivity contribution in [3.63, 3.8) is 0 Å². The Morgan fingerprint density at radius 2 is 2.00 bits per heavy atom. The molecule has 1 heterocycles. The fourth-order valence-corrected chi connectivity index (χ4v) is 2.24. The van der Waals surface area contributed by atoms with Gasteiger partial charge in [-0.3, -0.25) is 0 Å². The molecule has 0 unspecified atom stereocenters. The van der Waals surface area contributed by atoms with Crippen molar-refractivity contribution in [2.75, 3.05) is 5.32 Å². The number of anilines is 1. The van der Waals surface area contributed by atoms with Gasteiger partial charge in [0.25, 0.3) is 0 Å². The Hall–Kier alpha value is -0.580. The predicted octanol–water partition coefficient (Wildman–Crippen LogP) is 5.18. The molecule has 0 bridgehead atoms. The summed E-state index contributed by atoms with van der Waals surface area (Å²) in [7, 11) is 0. The Morgan fingerprint density at radius 1 is 1.22 bits per heavy atom. The van der Waals surface area contributed by atoms with E-state index in [9.17, 15) is 0 Å². The Kier molecular flexibility index (Phi) is 4.65. The third-order valence-corrected chi connectivity index (χ3v) is 4.54. The third kappa shape index (κ3) is 3.46. The fraction of sp³-hybridized carbons (Fsp3) is 0.154. The molecule has 0 saturated heterocycles. The van der Waals surface area contributed by atoms with Crippen LogP contribution in [0.3, 0.4) is 0 Å². The number of rotatable bonds is 3. The predicted molar refractivity (Wildman–Crippen MR) is 83.2 cm³/mol. The molecule has 0 aliphatic carbocycles. The Morgan fingerprint density at radius 3 is 2.67 bits per heavy atom. The quantitative estimate of drug-likeness (QED) is 0.731. The van der Waals surface area contributed by atoms with Crippen LogP contribution in [-0.4, -0.2) is 4.98 Å². The summed E-state index contributed by atoms with van der Waals surface area (Å²) in [4.78, 5) is 4.07. The van der Waals surface area contributed by atoms with Crippen LogP contribution in [0.2, 0.25) is 5.15 Å². The molecule has 0 saturated carbocycles. The summed E-state index contributed by atoms with van der Waals surface area (Å²) in [5.74, 6) is 0. The van der Waals surface area contributed by atoms with Crippen LogP contribution in [-0.2, 0) is 6.54 Å². The molecule has 2 nitrogen and oxygen atoms in total. The maximum atomic E-state index is 5.85. The first-order chi connectivity index (χ1) is 8.56. The molecule has 0 radical (unpaired) electrons. The molecular weight excluding hydrogens is 379 g/mol. The summed E-state index contributed by atoms with van der Waals surface area (Å²) in [6.07, 6.45) is 1.72. The zero-order valence-electron chi connectivity index (χ0n) is 9.67. The van der Waals surface area contributed by atoms with Crippen LogP contribution in [0.15, 0.2) is 39.4 Å². The number of aromatic nitrogens is 1. The van der Waals surface area contributed by atoms with Crippen LogP contribution in [0.25, 0.3) is 0 Å². The normalized spacial score (nSPS) is 10.4. The minimum Gasteiger partial charge on any atom is -0.380 e. The smallest absolute Gasteiger partial charge is 0.143 e. The minimum absolute atomic E-state index is 0.472. The van der Waals surface area contributed by atoms with Crippen LogP contribution < -0.4 is 5.32 Å². The molecule has 2 rings (SSSR count). The maximum absolute atomic E-state index is 5.85. The first-order valence-corrected chi connectivity index (χ1v) is 7.32. The highest BCUT2D eigenvalue weighted by atomic mass is 79.9. The van der Waals surface area contributed by atoms with E-state index in [1.807, 2.05) is 6.07 Å². The van der Waals surface area contributed by atoms with E-state index in [1.54, 1.807) is 6.20 Å². The highest BCUT2D eigenvalue weighted by Crippen LogP contribution is 2.23. The molecule has 2 aromatic rings. The summed E-state index contributed by atoms with van der Waals surface area (Å²) in [6.45, 7) is 2.83. The number of halogens is 3. The van der Waals surface area contributed by atoms with E-state index in [-0.39, 0.29) is 0 Å². The van der Waals surface area contributed by atoms with Gasteiger partial charge < -0.3 is 5.32 Å². The van der Waals surface area contributed by atoms with Gasteiger partial charge in [-0.25, -0.2) is 4.98 Å². The van der Waals surface area contributed by atoms with Gasteiger partial charge >= 0.3 is 0 Å². The number of hydrogen-bond acceptors (Lipinski definition) is 2. The maximum Gasteiger partial charge on any atom is 0.143 e. The van der Waals surface area contributed by atoms with Gasteiger partial charge in [0, 0.05) is 11.0 Å². The summed E-state index contributed by atoms with van der Waals surface area (Å²) in [6, 6.07) is 8.21. The molecule has 1 N–H and O–H groups in total. The summed E-state index contributed by atoms with van der Waals surface area (Å²) in [5, 5.41) is 3.78. The molecule has 94 valence electrons. The van der Waals surface area contributed by atoms with Crippen molar-refractivity contribution in [3.05, 3.63) is 55.7 Å². The van der Waals surface area contributed by atoms with E-state index in [0.29, 0.717) is 5.15 Å². The van der Waals surface area contributed by atoms with E-state index < -0.39 is 0 Å². The van der Waals surface area contributed by atoms with Crippen LogP contribution >= 0.6 is 43.5 Å². The molecule has 5 heteroatoms. The Labute approximate surface area is 128 Å². The van der Waals surface area contributed by atoms with Crippen molar-refractivity contribution < 1.29 is 0 Å². The summed E-state index contributed by atoms with van der Waals surface area (Å²) >= 11 is 12.7. The van der Waals surface area contributed by atoms with Gasteiger partial charge in [0.2, 0.25) is 0 Å². The SMILES string of the molecule is Cc1cc(CNc2cnc(Cl)c(Br)c2)ccc1Br. The highest BCUT2D eigenvalue weighted by Gasteiger charge is 2.01. The number of aryl methyl sites for hydroxylation is 1. The molecule has 1 aromatic heterocycles. The standard InChI is InChI=1S/C13H11Br2ClN2/c1-8-4-9(2-3-11(8)14)6-17-10-5-12(15)13(16)18-7-10/h2-5,7,17H,6H2,1H3. The average Bonchev–Trinajstić information content (AvgIpc) is 2.35. The molecule has 0 aliphatic heterocycles. The van der Waals surface area contributed by atoms with Crippen molar-refractivity contribution in [1.82, 2.24) is 4.98 Å². The van der Waals surface area contributed by atoms with Gasteiger partial charge in [-0.1, -0.05) is 39.7 Å². The van der Waals surface area contributed by atoms with Crippen LogP contribution in [0.1, 0.15) is 11.1 Å². The van der Waals surface area contributed by atoms with Crippen LogP contribution in [0.4, 0.5) is 5.69 Å². The second-order valence-electron chi connectivity index (χ2n) is 3.93. The second kappa shape index (κ2) is 6.04. The zero-order valence-corrected chi connectivity index (χ0v) is 13.6. The monoisotopic (exact) mass is 388 g/mol. The van der Waals surface area contributed by atoms with Crippen molar-refractivity contribution in [2.24, 2.45) is 0 Å². The molecule has 0 amide bonds. The first-order valence-electron chi connectivity index (χ1n) is 5.36. The lowest BCUT2D eigenvalue weighted by molar-refractivity contribution is 1.12. The van der Waals surface area contributed by atoms with Crippen LogP contribution in [0.5, 0.6) is 0 Å². The molecule has 0 aliphatic rings. The van der Waals surface area contributed by atoms with Crippen molar-refractivity contribution >= 4 is 49.1 Å². The lowest BCUT2D eigenvalue weighted by Crippen LogP contribution is -2.00. The number of nitrogens with zero attached hydrogens (tertiary/aromatic N) is 1. The average molecular weight is 391 g/mol. The topological polar surface area (TPSA) is 24.9 Å². The molecule has 18 heavy (non-hydrogen) atoms. The number of hydrogen-bond donors (Lipinski definition) is 1. The fourth-order valence-electron chi connectivity index (χ4n) is 1.54. The molecular formula is C13H11Br2ClN2. The summed E-state index contributed by atoms with van der Waals surface area (Å²) in [5.41, 5.74) is 3.39. The zero-order chi connectivity index (χ0) is 13.1. The van der Waals surface area contributed by atoms with Gasteiger partial charge in [0.15, 0.2) is 0 Å². The summed E-state index contributed by atoms with van der Waals surface area (Å²) < 4.78 is 1.92. The number of benzene rings is 1. The molecule has 0 fully saturated rings. The minimum atomic E-state index is 0.472.